The number of nitrogens with two attached hydrogens (primary N) is 1. The highest BCUT2D eigenvalue weighted by Gasteiger charge is 2.09. The van der Waals surface area contributed by atoms with E-state index in [0.29, 0.717) is 41.6 Å². The van der Waals surface area contributed by atoms with Gasteiger partial charge in [-0.2, -0.15) is 0 Å². The Kier molecular flexibility index (Phi) is 13.5. The van der Waals surface area contributed by atoms with Crippen LogP contribution in [0, 0.1) is 5.92 Å². The van der Waals surface area contributed by atoms with E-state index < -0.39 is 0 Å². The maximum atomic E-state index is 10.7. The molecule has 1 aliphatic heterocycles. The fraction of sp³-hybridized carbons (Fsp3) is 0.400. The highest BCUT2D eigenvalue weighted by Crippen LogP contribution is 2.12. The minimum absolute atomic E-state index is 0.212. The number of methoxy groups -OCH3 is 1. The Bertz CT molecular complexity index is 882. The summed E-state index contributed by atoms with van der Waals surface area (Å²) in [6, 6.07) is 0. The third-order valence-corrected chi connectivity index (χ3v) is 4.24. The van der Waals surface area contributed by atoms with Gasteiger partial charge < -0.3 is 30.6 Å². The van der Waals surface area contributed by atoms with Gasteiger partial charge in [0, 0.05) is 31.6 Å². The predicted octanol–water partition coefficient (Wildman–Crippen LogP) is 2.72. The van der Waals surface area contributed by atoms with E-state index in [0.717, 1.165) is 6.54 Å². The summed E-state index contributed by atoms with van der Waals surface area (Å²) in [5.74, 6) is 2.13. The van der Waals surface area contributed by atoms with Gasteiger partial charge in [-0.15, -0.1) is 0 Å². The van der Waals surface area contributed by atoms with E-state index in [4.69, 9.17) is 19.9 Å². The van der Waals surface area contributed by atoms with Gasteiger partial charge in [-0.3, -0.25) is 9.79 Å². The van der Waals surface area contributed by atoms with Crippen LogP contribution in [-0.4, -0.2) is 57.5 Å². The Morgan fingerprint density at radius 2 is 2.12 bits per heavy atom. The molecule has 0 aromatic heterocycles. The quantitative estimate of drug-likeness (QED) is 0.104. The van der Waals surface area contributed by atoms with Crippen LogP contribution in [0.1, 0.15) is 20.8 Å². The number of aliphatic imine (C=N–C) groups is 2. The molecule has 0 saturated heterocycles. The molecule has 0 aromatic rings. The molecular weight excluding hydrogens is 434 g/mol. The smallest absolute Gasteiger partial charge is 0.184 e. The molecule has 0 radical (unpaired) electrons. The van der Waals surface area contributed by atoms with Gasteiger partial charge in [-0.1, -0.05) is 33.1 Å². The van der Waals surface area contributed by atoms with Gasteiger partial charge in [0.25, 0.3) is 0 Å². The third kappa shape index (κ3) is 11.3. The lowest BCUT2D eigenvalue weighted by Gasteiger charge is -2.16. The molecule has 0 saturated carbocycles. The second kappa shape index (κ2) is 16.1. The first kappa shape index (κ1) is 28.4. The van der Waals surface area contributed by atoms with Crippen molar-refractivity contribution in [2.45, 2.75) is 26.9 Å². The van der Waals surface area contributed by atoms with Crippen molar-refractivity contribution in [1.82, 2.24) is 10.6 Å². The Balaban J connectivity index is 3.03. The average molecular weight is 472 g/mol. The summed E-state index contributed by atoms with van der Waals surface area (Å²) in [4.78, 5) is 19.2. The minimum Gasteiger partial charge on any atom is -0.490 e. The lowest BCUT2D eigenvalue weighted by molar-refractivity contribution is -0.102. The number of hydrogen-bond donors (Lipinski definition) is 3. The second-order valence-corrected chi connectivity index (χ2v) is 7.75. The van der Waals surface area contributed by atoms with Crippen LogP contribution in [0.3, 0.4) is 0 Å². The second-order valence-electron chi connectivity index (χ2n) is 7.75. The Morgan fingerprint density at radius 1 is 1.35 bits per heavy atom. The number of carbonyl (C=O) groups is 1. The van der Waals surface area contributed by atoms with Crippen LogP contribution < -0.4 is 16.4 Å². The van der Waals surface area contributed by atoms with Crippen molar-refractivity contribution < 1.29 is 19.0 Å². The van der Waals surface area contributed by atoms with Gasteiger partial charge in [0.05, 0.1) is 12.3 Å². The molecule has 0 bridgehead atoms. The summed E-state index contributed by atoms with van der Waals surface area (Å²) in [5, 5.41) is 5.95. The van der Waals surface area contributed by atoms with Crippen LogP contribution in [-0.2, 0) is 19.0 Å². The van der Waals surface area contributed by atoms with Gasteiger partial charge in [-0.25, -0.2) is 4.99 Å². The van der Waals surface area contributed by atoms with Gasteiger partial charge in [0.1, 0.15) is 36.6 Å². The number of nitrogens with zero attached hydrogens (tertiary/aromatic N) is 2. The molecule has 1 rings (SSSR count). The van der Waals surface area contributed by atoms with Crippen LogP contribution in [0.4, 0.5) is 0 Å². The summed E-state index contributed by atoms with van der Waals surface area (Å²) in [5.41, 5.74) is 7.41. The maximum Gasteiger partial charge on any atom is 0.184 e. The normalized spacial score (nSPS) is 16.1. The molecule has 0 spiro atoms. The van der Waals surface area contributed by atoms with Crippen LogP contribution in [0.15, 0.2) is 82.6 Å². The summed E-state index contributed by atoms with van der Waals surface area (Å²) in [6.45, 7) is 15.5. The molecule has 9 nitrogen and oxygen atoms in total. The lowest BCUT2D eigenvalue weighted by atomic mass is 10.2. The van der Waals surface area contributed by atoms with Crippen molar-refractivity contribution in [2.75, 3.05) is 33.4 Å². The van der Waals surface area contributed by atoms with Crippen molar-refractivity contribution in [2.24, 2.45) is 21.6 Å². The zero-order chi connectivity index (χ0) is 25.3. The van der Waals surface area contributed by atoms with Crippen LogP contribution in [0.25, 0.3) is 0 Å². The van der Waals surface area contributed by atoms with Crippen molar-refractivity contribution >= 4 is 18.0 Å². The molecule has 0 amide bonds. The van der Waals surface area contributed by atoms with E-state index in [9.17, 15) is 4.79 Å². The highest BCUT2D eigenvalue weighted by atomic mass is 16.5. The van der Waals surface area contributed by atoms with Crippen molar-refractivity contribution in [3.8, 4) is 0 Å². The van der Waals surface area contributed by atoms with E-state index in [-0.39, 0.29) is 30.9 Å². The van der Waals surface area contributed by atoms with Crippen molar-refractivity contribution in [1.29, 1.82) is 0 Å². The summed E-state index contributed by atoms with van der Waals surface area (Å²) < 4.78 is 16.9. The SMILES string of the molecule is C=CC(=C\NCC(C)C)/N=C(N)/C(C=C)=C/C(=C\COC1=CNC(C=O)=NC1)OC(C)COC. The number of carbonyl (C=O) groups excluding carboxylic acids is 1. The molecule has 34 heavy (non-hydrogen) atoms. The molecule has 186 valence electrons. The first-order valence-corrected chi connectivity index (χ1v) is 11.0. The van der Waals surface area contributed by atoms with Crippen molar-refractivity contribution in [3.05, 3.63) is 72.7 Å². The van der Waals surface area contributed by atoms with E-state index >= 15 is 0 Å². The van der Waals surface area contributed by atoms with E-state index in [2.05, 4.69) is 47.6 Å². The first-order valence-electron chi connectivity index (χ1n) is 11.0. The lowest BCUT2D eigenvalue weighted by Crippen LogP contribution is -2.24. The van der Waals surface area contributed by atoms with Crippen LogP contribution in [0.2, 0.25) is 0 Å². The highest BCUT2D eigenvalue weighted by molar-refractivity contribution is 6.27. The Hall–Kier alpha value is -3.59. The van der Waals surface area contributed by atoms with Gasteiger partial charge in [0.2, 0.25) is 0 Å². The summed E-state index contributed by atoms with van der Waals surface area (Å²) in [6.07, 6.45) is 10.5. The summed E-state index contributed by atoms with van der Waals surface area (Å²) in [7, 11) is 1.61. The predicted molar refractivity (Wildman–Crippen MR) is 137 cm³/mol. The molecule has 9 heteroatoms. The topological polar surface area (TPSA) is 120 Å². The number of rotatable bonds is 16. The maximum absolute atomic E-state index is 10.7. The van der Waals surface area contributed by atoms with Gasteiger partial charge >= 0.3 is 0 Å². The standard InChI is InChI=1S/C25H37N5O4/c1-7-20(25(26)30-21(8-2)13-27-12-18(3)4)11-22(34-19(5)17-32-6)9-10-33-23-14-28-24(16-31)29-15-23/h7-9,11,13-14,16,18-19,27H,1-2,10,12,15,17H2,3-6H3,(H2,26,30)(H,28,29)/b20-11+,21-13+,22-9+. The molecule has 0 fully saturated rings. The molecule has 0 aliphatic carbocycles. The minimum atomic E-state index is -0.212. The number of amidine groups is 2. The fourth-order valence-electron chi connectivity index (χ4n) is 2.57. The van der Waals surface area contributed by atoms with E-state index in [1.165, 1.54) is 0 Å². The average Bonchev–Trinajstić information content (AvgIpc) is 2.81. The molecule has 4 N–H and O–H groups in total. The molecule has 0 aromatic carbocycles. The third-order valence-electron chi connectivity index (χ3n) is 4.24. The fourth-order valence-corrected chi connectivity index (χ4v) is 2.57. The number of ether oxygens (including phenoxy) is 3. The molecule has 1 heterocycles. The van der Waals surface area contributed by atoms with Gasteiger partial charge in [-0.05, 0) is 31.1 Å². The number of allylic oxidation sites excluding steroid dienone is 2. The van der Waals surface area contributed by atoms with Gasteiger partial charge in [0.15, 0.2) is 12.1 Å². The van der Waals surface area contributed by atoms with Crippen LogP contribution >= 0.6 is 0 Å². The van der Waals surface area contributed by atoms with E-state index in [1.54, 1.807) is 43.8 Å². The Labute approximate surface area is 202 Å². The molecule has 1 aliphatic rings. The first-order chi connectivity index (χ1) is 16.3. The van der Waals surface area contributed by atoms with E-state index in [1.807, 2.05) is 6.92 Å². The zero-order valence-corrected chi connectivity index (χ0v) is 20.5. The number of nitrogens with one attached hydrogen (secondary N) is 2. The number of aldehydes is 1. The summed E-state index contributed by atoms with van der Waals surface area (Å²) >= 11 is 0. The molecular formula is C25H37N5O4. The Morgan fingerprint density at radius 3 is 2.68 bits per heavy atom. The zero-order valence-electron chi connectivity index (χ0n) is 20.5. The monoisotopic (exact) mass is 471 g/mol. The van der Waals surface area contributed by atoms with Crippen molar-refractivity contribution in [3.63, 3.8) is 0 Å². The molecule has 1 atom stereocenters. The van der Waals surface area contributed by atoms with Crippen LogP contribution in [0.5, 0.6) is 0 Å². The largest absolute Gasteiger partial charge is 0.490 e. The number of hydrogen-bond acceptors (Lipinski definition) is 8. The molecule has 1 unspecified atom stereocenters.